The van der Waals surface area contributed by atoms with Crippen LogP contribution in [0.15, 0.2) is 40.5 Å². The van der Waals surface area contributed by atoms with Crippen LogP contribution >= 0.6 is 0 Å². The number of likely N-dealkylation sites (N-methyl/N-ethyl adjacent to an activating group) is 1. The minimum atomic E-state index is -4.82. The quantitative estimate of drug-likeness (QED) is 0.546. The number of pyridine rings is 1. The standard InChI is InChI=1S/C22H26F3N7O3/c1-15(35-17-13-28-29-21(34)20(17)22(23,24)25)14-30(2)6-5-19(33)32-9-7-31(8-10-32)18-4-3-16(11-26)12-27-18/h3-4,12-13,15,20H,5-10,14H2,1-2H3/t15-,20?/m0/s1. The lowest BCUT2D eigenvalue weighted by Crippen LogP contribution is -2.49. The van der Waals surface area contributed by atoms with Gasteiger partial charge in [-0.25, -0.2) is 4.98 Å². The Balaban J connectivity index is 1.41. The summed E-state index contributed by atoms with van der Waals surface area (Å²) in [6.45, 7) is 4.55. The number of nitriles is 1. The molecule has 13 heteroatoms. The molecule has 2 atom stereocenters. The number of ether oxygens (including phenoxy) is 1. The molecule has 2 aliphatic rings. The van der Waals surface area contributed by atoms with Gasteiger partial charge in [0.1, 0.15) is 23.8 Å². The van der Waals surface area contributed by atoms with Crippen LogP contribution in [0.5, 0.6) is 0 Å². The van der Waals surface area contributed by atoms with Gasteiger partial charge in [0, 0.05) is 51.9 Å². The Bertz CT molecular complexity index is 1010. The zero-order chi connectivity index (χ0) is 25.6. The Morgan fingerprint density at radius 2 is 2.03 bits per heavy atom. The van der Waals surface area contributed by atoms with Gasteiger partial charge in [-0.3, -0.25) is 9.59 Å². The van der Waals surface area contributed by atoms with Gasteiger partial charge >= 0.3 is 6.18 Å². The van der Waals surface area contributed by atoms with E-state index in [-0.39, 0.29) is 18.9 Å². The first kappa shape index (κ1) is 26.1. The maximum Gasteiger partial charge on any atom is 0.407 e. The maximum atomic E-state index is 13.2. The molecule has 0 spiro atoms. The normalized spacial score (nSPS) is 19.4. The van der Waals surface area contributed by atoms with Gasteiger partial charge in [0.15, 0.2) is 5.92 Å². The molecule has 2 aliphatic heterocycles. The van der Waals surface area contributed by atoms with Crippen molar-refractivity contribution in [3.05, 3.63) is 35.9 Å². The Morgan fingerprint density at radius 3 is 2.63 bits per heavy atom. The van der Waals surface area contributed by atoms with E-state index in [4.69, 9.17) is 10.00 Å². The van der Waals surface area contributed by atoms with E-state index in [1.165, 1.54) is 6.20 Å². The molecule has 10 nitrogen and oxygen atoms in total. The predicted octanol–water partition coefficient (Wildman–Crippen LogP) is 2.34. The second kappa shape index (κ2) is 11.3. The van der Waals surface area contributed by atoms with Crippen molar-refractivity contribution in [2.24, 2.45) is 16.1 Å². The number of rotatable bonds is 8. The largest absolute Gasteiger partial charge is 0.491 e. The summed E-state index contributed by atoms with van der Waals surface area (Å²) in [6, 6.07) is 5.52. The molecule has 0 aliphatic carbocycles. The molecule has 0 radical (unpaired) electrons. The van der Waals surface area contributed by atoms with Crippen LogP contribution in [0.4, 0.5) is 19.0 Å². The highest BCUT2D eigenvalue weighted by Crippen LogP contribution is 2.36. The zero-order valence-electron chi connectivity index (χ0n) is 19.4. The molecule has 0 bridgehead atoms. The summed E-state index contributed by atoms with van der Waals surface area (Å²) < 4.78 is 44.9. The highest BCUT2D eigenvalue weighted by atomic mass is 19.4. The molecule has 0 aromatic carbocycles. The summed E-state index contributed by atoms with van der Waals surface area (Å²) in [5.74, 6) is -3.70. The summed E-state index contributed by atoms with van der Waals surface area (Å²) in [6.07, 6.45) is -2.91. The third-order valence-electron chi connectivity index (χ3n) is 5.65. The van der Waals surface area contributed by atoms with E-state index < -0.39 is 29.9 Å². The van der Waals surface area contributed by atoms with E-state index in [1.807, 2.05) is 6.07 Å². The van der Waals surface area contributed by atoms with Crippen molar-refractivity contribution < 1.29 is 27.5 Å². The predicted molar refractivity (Wildman–Crippen MR) is 118 cm³/mol. The van der Waals surface area contributed by atoms with Crippen molar-refractivity contribution in [3.63, 3.8) is 0 Å². The SMILES string of the molecule is C[C@@H](CN(C)CCC(=O)N1CCN(c2ccc(C#N)cn2)CC1)OC1=CN=NC(=O)C1C(F)(F)F. The first-order valence-corrected chi connectivity index (χ1v) is 11.0. The Kier molecular flexibility index (Phi) is 8.39. The number of carbonyl (C=O) groups excluding carboxylic acids is 2. The second-order valence-electron chi connectivity index (χ2n) is 8.39. The maximum absolute atomic E-state index is 13.2. The van der Waals surface area contributed by atoms with E-state index in [2.05, 4.69) is 20.1 Å². The number of hydrogen-bond donors (Lipinski definition) is 0. The van der Waals surface area contributed by atoms with Gasteiger partial charge in [0.2, 0.25) is 5.91 Å². The molecule has 1 saturated heterocycles. The van der Waals surface area contributed by atoms with Crippen molar-refractivity contribution in [2.75, 3.05) is 51.2 Å². The topological polar surface area (TPSA) is 114 Å². The van der Waals surface area contributed by atoms with Crippen molar-refractivity contribution in [2.45, 2.75) is 25.6 Å². The number of azo groups is 1. The van der Waals surface area contributed by atoms with Crippen LogP contribution in [0, 0.1) is 17.2 Å². The first-order chi connectivity index (χ1) is 16.6. The molecule has 0 N–H and O–H groups in total. The minimum absolute atomic E-state index is 0.0176. The molecule has 3 heterocycles. The lowest BCUT2D eigenvalue weighted by Gasteiger charge is -2.35. The zero-order valence-corrected chi connectivity index (χ0v) is 19.4. The Morgan fingerprint density at radius 1 is 1.31 bits per heavy atom. The van der Waals surface area contributed by atoms with Gasteiger partial charge < -0.3 is 19.4 Å². The van der Waals surface area contributed by atoms with Crippen LogP contribution < -0.4 is 4.90 Å². The Hall–Kier alpha value is -3.53. The number of piperazine rings is 1. The number of nitrogens with zero attached hydrogens (tertiary/aromatic N) is 7. The molecule has 188 valence electrons. The van der Waals surface area contributed by atoms with Crippen LogP contribution in [0.2, 0.25) is 0 Å². The summed E-state index contributed by atoms with van der Waals surface area (Å²) in [5.41, 5.74) is 0.487. The van der Waals surface area contributed by atoms with Crippen LogP contribution in [-0.2, 0) is 14.3 Å². The average molecular weight is 493 g/mol. The molecular formula is C22H26F3N7O3. The minimum Gasteiger partial charge on any atom is -0.491 e. The smallest absolute Gasteiger partial charge is 0.407 e. The monoisotopic (exact) mass is 493 g/mol. The summed E-state index contributed by atoms with van der Waals surface area (Å²) >= 11 is 0. The van der Waals surface area contributed by atoms with Gasteiger partial charge in [0.25, 0.3) is 5.91 Å². The van der Waals surface area contributed by atoms with Gasteiger partial charge in [-0.05, 0) is 26.1 Å². The van der Waals surface area contributed by atoms with Gasteiger partial charge in [-0.2, -0.15) is 23.5 Å². The van der Waals surface area contributed by atoms with Crippen LogP contribution in [0.3, 0.4) is 0 Å². The number of amides is 2. The van der Waals surface area contributed by atoms with E-state index in [0.717, 1.165) is 12.0 Å². The van der Waals surface area contributed by atoms with E-state index >= 15 is 0 Å². The lowest BCUT2D eigenvalue weighted by molar-refractivity contribution is -0.182. The number of carbonyl (C=O) groups is 2. The highest BCUT2D eigenvalue weighted by Gasteiger charge is 2.50. The van der Waals surface area contributed by atoms with Gasteiger partial charge in [-0.15, -0.1) is 5.11 Å². The molecule has 35 heavy (non-hydrogen) atoms. The average Bonchev–Trinajstić information content (AvgIpc) is 2.82. The number of alkyl halides is 3. The first-order valence-electron chi connectivity index (χ1n) is 11.0. The third kappa shape index (κ3) is 6.98. The lowest BCUT2D eigenvalue weighted by atomic mass is 10.1. The Labute approximate surface area is 200 Å². The molecule has 3 rings (SSSR count). The summed E-state index contributed by atoms with van der Waals surface area (Å²) in [5, 5.41) is 15.1. The summed E-state index contributed by atoms with van der Waals surface area (Å²) in [7, 11) is 1.74. The molecule has 0 saturated carbocycles. The second-order valence-corrected chi connectivity index (χ2v) is 8.39. The number of aromatic nitrogens is 1. The van der Waals surface area contributed by atoms with E-state index in [1.54, 1.807) is 35.9 Å². The van der Waals surface area contributed by atoms with Gasteiger partial charge in [0.05, 0.1) is 11.8 Å². The number of halogens is 3. The van der Waals surface area contributed by atoms with Crippen molar-refractivity contribution in [1.29, 1.82) is 5.26 Å². The molecule has 1 aromatic rings. The van der Waals surface area contributed by atoms with Crippen molar-refractivity contribution in [3.8, 4) is 6.07 Å². The van der Waals surface area contributed by atoms with Gasteiger partial charge in [-0.1, -0.05) is 0 Å². The molecular weight excluding hydrogens is 467 g/mol. The molecule has 1 fully saturated rings. The molecule has 1 unspecified atom stereocenters. The highest BCUT2D eigenvalue weighted by molar-refractivity contribution is 5.83. The number of hydrogen-bond acceptors (Lipinski definition) is 8. The summed E-state index contributed by atoms with van der Waals surface area (Å²) in [4.78, 5) is 34.0. The van der Waals surface area contributed by atoms with Crippen molar-refractivity contribution >= 4 is 17.6 Å². The molecule has 2 amide bonds. The van der Waals surface area contributed by atoms with Crippen LogP contribution in [-0.4, -0.2) is 85.2 Å². The van der Waals surface area contributed by atoms with Crippen LogP contribution in [0.1, 0.15) is 18.9 Å². The van der Waals surface area contributed by atoms with E-state index in [9.17, 15) is 22.8 Å². The third-order valence-corrected chi connectivity index (χ3v) is 5.65. The number of anilines is 1. The van der Waals surface area contributed by atoms with Crippen molar-refractivity contribution in [1.82, 2.24) is 14.8 Å². The fourth-order valence-corrected chi connectivity index (χ4v) is 3.87. The fourth-order valence-electron chi connectivity index (χ4n) is 3.87. The fraction of sp³-hybridized carbons (Fsp3) is 0.545. The van der Waals surface area contributed by atoms with Crippen LogP contribution in [0.25, 0.3) is 0 Å². The molecule has 1 aromatic heterocycles. The van der Waals surface area contributed by atoms with E-state index in [0.29, 0.717) is 38.3 Å².